The average Bonchev–Trinajstić information content (AvgIpc) is 2.49. The Balaban J connectivity index is 2.89. The SMILES string of the molecule is COC(N)CCC(OC)(OC)C(=O)c1ccccc1. The topological polar surface area (TPSA) is 70.8 Å². The molecule has 0 spiro atoms. The summed E-state index contributed by atoms with van der Waals surface area (Å²) >= 11 is 0. The van der Waals surface area contributed by atoms with Gasteiger partial charge >= 0.3 is 0 Å². The van der Waals surface area contributed by atoms with E-state index in [1.165, 1.54) is 21.3 Å². The van der Waals surface area contributed by atoms with Crippen molar-refractivity contribution in [3.8, 4) is 0 Å². The molecule has 1 aromatic carbocycles. The van der Waals surface area contributed by atoms with Crippen LogP contribution in [0.3, 0.4) is 0 Å². The van der Waals surface area contributed by atoms with Crippen LogP contribution >= 0.6 is 0 Å². The number of benzene rings is 1. The monoisotopic (exact) mass is 267 g/mol. The van der Waals surface area contributed by atoms with Crippen molar-refractivity contribution >= 4 is 5.78 Å². The molecule has 0 saturated carbocycles. The van der Waals surface area contributed by atoms with Gasteiger partial charge in [0.05, 0.1) is 0 Å². The van der Waals surface area contributed by atoms with Crippen LogP contribution < -0.4 is 5.73 Å². The van der Waals surface area contributed by atoms with E-state index in [9.17, 15) is 4.79 Å². The second kappa shape index (κ2) is 7.35. The fraction of sp³-hybridized carbons (Fsp3) is 0.500. The number of hydrogen-bond acceptors (Lipinski definition) is 5. The number of carbonyl (C=O) groups is 1. The molecular weight excluding hydrogens is 246 g/mol. The van der Waals surface area contributed by atoms with Gasteiger partial charge < -0.3 is 19.9 Å². The second-order valence-corrected chi connectivity index (χ2v) is 4.17. The molecule has 0 heterocycles. The average molecular weight is 267 g/mol. The number of nitrogens with two attached hydrogens (primary N) is 1. The molecule has 1 unspecified atom stereocenters. The Morgan fingerprint density at radius 3 is 2.26 bits per heavy atom. The lowest BCUT2D eigenvalue weighted by Gasteiger charge is -2.30. The molecule has 0 amide bonds. The van der Waals surface area contributed by atoms with Gasteiger partial charge in [-0.15, -0.1) is 0 Å². The molecule has 0 fully saturated rings. The number of carbonyl (C=O) groups excluding carboxylic acids is 1. The summed E-state index contributed by atoms with van der Waals surface area (Å²) in [5.74, 6) is -1.54. The van der Waals surface area contributed by atoms with Gasteiger partial charge in [0.25, 0.3) is 0 Å². The first-order chi connectivity index (χ1) is 9.09. The number of ether oxygens (including phenoxy) is 3. The van der Waals surface area contributed by atoms with Crippen molar-refractivity contribution in [2.24, 2.45) is 5.73 Å². The lowest BCUT2D eigenvalue weighted by Crippen LogP contribution is -2.44. The second-order valence-electron chi connectivity index (χ2n) is 4.17. The van der Waals surface area contributed by atoms with Crippen molar-refractivity contribution in [2.75, 3.05) is 21.3 Å². The molecule has 0 saturated heterocycles. The Labute approximate surface area is 113 Å². The molecule has 19 heavy (non-hydrogen) atoms. The Bertz CT molecular complexity index is 390. The summed E-state index contributed by atoms with van der Waals surface area (Å²) in [6.45, 7) is 0. The zero-order valence-electron chi connectivity index (χ0n) is 11.6. The fourth-order valence-corrected chi connectivity index (χ4v) is 1.85. The van der Waals surface area contributed by atoms with Crippen LogP contribution in [0.2, 0.25) is 0 Å². The number of methoxy groups -OCH3 is 3. The first-order valence-electron chi connectivity index (χ1n) is 6.08. The number of ketones is 1. The number of rotatable bonds is 8. The summed E-state index contributed by atoms with van der Waals surface area (Å²) < 4.78 is 15.6. The van der Waals surface area contributed by atoms with E-state index in [0.29, 0.717) is 18.4 Å². The lowest BCUT2D eigenvalue weighted by molar-refractivity contribution is -0.176. The minimum atomic E-state index is -1.32. The summed E-state index contributed by atoms with van der Waals surface area (Å²) in [5.41, 5.74) is 6.22. The fourth-order valence-electron chi connectivity index (χ4n) is 1.85. The van der Waals surface area contributed by atoms with E-state index < -0.39 is 12.0 Å². The molecule has 106 valence electrons. The molecule has 0 aliphatic heterocycles. The molecule has 1 rings (SSSR count). The first-order valence-corrected chi connectivity index (χ1v) is 6.08. The van der Waals surface area contributed by atoms with Crippen molar-refractivity contribution in [3.05, 3.63) is 35.9 Å². The van der Waals surface area contributed by atoms with Crippen LogP contribution in [-0.4, -0.2) is 39.1 Å². The largest absolute Gasteiger partial charge is 0.367 e. The zero-order valence-corrected chi connectivity index (χ0v) is 11.6. The molecule has 1 atom stereocenters. The molecule has 0 aliphatic carbocycles. The predicted octanol–water partition coefficient (Wildman–Crippen LogP) is 1.57. The van der Waals surface area contributed by atoms with E-state index in [-0.39, 0.29) is 5.78 Å². The van der Waals surface area contributed by atoms with Crippen LogP contribution in [0.4, 0.5) is 0 Å². The molecule has 2 N–H and O–H groups in total. The zero-order chi connectivity index (χ0) is 14.3. The molecule has 0 radical (unpaired) electrons. The maximum Gasteiger partial charge on any atom is 0.233 e. The standard InChI is InChI=1S/C14H21NO4/c1-17-12(15)9-10-14(18-2,19-3)13(16)11-7-5-4-6-8-11/h4-8,12H,9-10,15H2,1-3H3. The number of Topliss-reactive ketones (excluding diaryl/α,β-unsaturated/α-hetero) is 1. The Morgan fingerprint density at radius 2 is 1.79 bits per heavy atom. The van der Waals surface area contributed by atoms with Crippen LogP contribution in [0, 0.1) is 0 Å². The third-order valence-electron chi connectivity index (χ3n) is 3.10. The molecule has 1 aromatic rings. The summed E-state index contributed by atoms with van der Waals surface area (Å²) in [6, 6.07) is 8.89. The Morgan fingerprint density at radius 1 is 1.21 bits per heavy atom. The quantitative estimate of drug-likeness (QED) is 0.572. The molecule has 5 nitrogen and oxygen atoms in total. The highest BCUT2D eigenvalue weighted by Crippen LogP contribution is 2.24. The summed E-state index contributed by atoms with van der Waals surface area (Å²) in [5, 5.41) is 0. The third-order valence-corrected chi connectivity index (χ3v) is 3.10. The van der Waals surface area contributed by atoms with E-state index >= 15 is 0 Å². The van der Waals surface area contributed by atoms with Crippen molar-refractivity contribution in [2.45, 2.75) is 24.9 Å². The lowest BCUT2D eigenvalue weighted by atomic mass is 9.98. The van der Waals surface area contributed by atoms with E-state index in [1.807, 2.05) is 6.07 Å². The molecule has 0 aliphatic rings. The van der Waals surface area contributed by atoms with Crippen LogP contribution in [0.1, 0.15) is 23.2 Å². The predicted molar refractivity (Wildman–Crippen MR) is 71.7 cm³/mol. The van der Waals surface area contributed by atoms with Gasteiger partial charge in [0.15, 0.2) is 0 Å². The maximum atomic E-state index is 12.5. The third kappa shape index (κ3) is 3.84. The van der Waals surface area contributed by atoms with Crippen LogP contribution in [0.5, 0.6) is 0 Å². The van der Waals surface area contributed by atoms with E-state index in [0.717, 1.165) is 0 Å². The van der Waals surface area contributed by atoms with Crippen molar-refractivity contribution in [1.29, 1.82) is 0 Å². The Hall–Kier alpha value is -1.27. The van der Waals surface area contributed by atoms with Crippen LogP contribution in [0.15, 0.2) is 30.3 Å². The highest BCUT2D eigenvalue weighted by atomic mass is 16.7. The van der Waals surface area contributed by atoms with E-state index in [4.69, 9.17) is 19.9 Å². The Kier molecular flexibility index (Phi) is 6.11. The maximum absolute atomic E-state index is 12.5. The van der Waals surface area contributed by atoms with E-state index in [1.54, 1.807) is 24.3 Å². The van der Waals surface area contributed by atoms with Gasteiger partial charge in [-0.1, -0.05) is 30.3 Å². The summed E-state index contributed by atoms with van der Waals surface area (Å²) in [7, 11) is 4.41. The smallest absolute Gasteiger partial charge is 0.233 e. The van der Waals surface area contributed by atoms with Gasteiger partial charge in [0, 0.05) is 33.3 Å². The summed E-state index contributed by atoms with van der Waals surface area (Å²) in [6.07, 6.45) is 0.327. The van der Waals surface area contributed by atoms with Crippen molar-refractivity contribution in [3.63, 3.8) is 0 Å². The van der Waals surface area contributed by atoms with Gasteiger partial charge in [0.2, 0.25) is 11.6 Å². The van der Waals surface area contributed by atoms with Crippen LogP contribution in [0.25, 0.3) is 0 Å². The van der Waals surface area contributed by atoms with E-state index in [2.05, 4.69) is 0 Å². The number of hydrogen-bond donors (Lipinski definition) is 1. The van der Waals surface area contributed by atoms with Gasteiger partial charge in [-0.2, -0.15) is 0 Å². The molecular formula is C14H21NO4. The molecule has 5 heteroatoms. The van der Waals surface area contributed by atoms with Crippen molar-refractivity contribution in [1.82, 2.24) is 0 Å². The normalized spacial score (nSPS) is 13.3. The first kappa shape index (κ1) is 15.8. The van der Waals surface area contributed by atoms with Crippen LogP contribution in [-0.2, 0) is 14.2 Å². The summed E-state index contributed by atoms with van der Waals surface area (Å²) in [4.78, 5) is 12.5. The van der Waals surface area contributed by atoms with Gasteiger partial charge in [-0.25, -0.2) is 0 Å². The molecule has 0 bridgehead atoms. The van der Waals surface area contributed by atoms with Gasteiger partial charge in [-0.3, -0.25) is 4.79 Å². The minimum Gasteiger partial charge on any atom is -0.367 e. The highest BCUT2D eigenvalue weighted by molar-refractivity contribution is 6.01. The van der Waals surface area contributed by atoms with Gasteiger partial charge in [0.1, 0.15) is 6.23 Å². The van der Waals surface area contributed by atoms with Gasteiger partial charge in [-0.05, 0) is 6.42 Å². The molecule has 0 aromatic heterocycles. The van der Waals surface area contributed by atoms with Crippen molar-refractivity contribution < 1.29 is 19.0 Å². The minimum absolute atomic E-state index is 0.221. The highest BCUT2D eigenvalue weighted by Gasteiger charge is 2.39.